The van der Waals surface area contributed by atoms with Crippen LogP contribution in [0.5, 0.6) is 0 Å². The predicted octanol–water partition coefficient (Wildman–Crippen LogP) is 4.55. The molecule has 1 atom stereocenters. The number of hydrogen-bond acceptors (Lipinski definition) is 5. The first-order chi connectivity index (χ1) is 16.3. The highest BCUT2D eigenvalue weighted by Crippen LogP contribution is 2.25. The molecule has 3 aromatic rings. The number of amides is 1. The van der Waals surface area contributed by atoms with E-state index in [-0.39, 0.29) is 4.90 Å². The van der Waals surface area contributed by atoms with Gasteiger partial charge in [-0.15, -0.1) is 0 Å². The van der Waals surface area contributed by atoms with Gasteiger partial charge in [0.2, 0.25) is 15.9 Å². The van der Waals surface area contributed by atoms with Gasteiger partial charge in [0.1, 0.15) is 6.04 Å². The molecule has 0 aromatic heterocycles. The van der Waals surface area contributed by atoms with Crippen molar-refractivity contribution in [3.8, 4) is 0 Å². The average Bonchev–Trinajstić information content (AvgIpc) is 2.77. The summed E-state index contributed by atoms with van der Waals surface area (Å²) in [7, 11) is -7.64. The van der Waals surface area contributed by atoms with Crippen LogP contribution in [0.25, 0.3) is 0 Å². The largest absolute Gasteiger partial charge is 0.324 e. The molecule has 1 amide bonds. The number of nitrogens with one attached hydrogen (secondary N) is 2. The second kappa shape index (κ2) is 10.3. The first kappa shape index (κ1) is 26.5. The molecule has 0 unspecified atom stereocenters. The van der Waals surface area contributed by atoms with Crippen molar-refractivity contribution in [2.45, 2.75) is 31.7 Å². The van der Waals surface area contributed by atoms with Gasteiger partial charge in [0.15, 0.2) is 0 Å². The van der Waals surface area contributed by atoms with Crippen molar-refractivity contribution >= 4 is 54.6 Å². The van der Waals surface area contributed by atoms with E-state index in [9.17, 15) is 21.6 Å². The maximum atomic E-state index is 12.9. The van der Waals surface area contributed by atoms with Crippen LogP contribution >= 0.6 is 11.6 Å². The minimum absolute atomic E-state index is 0.0170. The van der Waals surface area contributed by atoms with Gasteiger partial charge in [0.25, 0.3) is 10.0 Å². The molecular formula is C24H26ClN3O5S2. The first-order valence-electron chi connectivity index (χ1n) is 10.5. The number of rotatable bonds is 8. The van der Waals surface area contributed by atoms with E-state index in [1.165, 1.54) is 55.5 Å². The van der Waals surface area contributed by atoms with Gasteiger partial charge in [0.05, 0.1) is 22.5 Å². The Labute approximate surface area is 211 Å². The molecule has 0 bridgehead atoms. The molecule has 35 heavy (non-hydrogen) atoms. The summed E-state index contributed by atoms with van der Waals surface area (Å²) in [5, 5.41) is 3.07. The summed E-state index contributed by atoms with van der Waals surface area (Å²) >= 11 is 5.89. The number of carbonyl (C=O) groups excluding carboxylic acids is 1. The number of carbonyl (C=O) groups is 1. The van der Waals surface area contributed by atoms with Crippen LogP contribution in [0.15, 0.2) is 71.6 Å². The fourth-order valence-corrected chi connectivity index (χ4v) is 5.83. The maximum absolute atomic E-state index is 12.9. The van der Waals surface area contributed by atoms with Crippen LogP contribution in [0.3, 0.4) is 0 Å². The highest BCUT2D eigenvalue weighted by molar-refractivity contribution is 7.92. The van der Waals surface area contributed by atoms with Crippen molar-refractivity contribution in [2.24, 2.45) is 0 Å². The molecule has 0 saturated carbocycles. The van der Waals surface area contributed by atoms with Crippen LogP contribution < -0.4 is 14.3 Å². The summed E-state index contributed by atoms with van der Waals surface area (Å²) in [5.41, 5.74) is 2.80. The smallest absolute Gasteiger partial charge is 0.261 e. The van der Waals surface area contributed by atoms with Gasteiger partial charge in [-0.05, 0) is 86.5 Å². The van der Waals surface area contributed by atoms with E-state index >= 15 is 0 Å². The van der Waals surface area contributed by atoms with E-state index in [0.29, 0.717) is 22.1 Å². The number of anilines is 3. The summed E-state index contributed by atoms with van der Waals surface area (Å²) in [6.07, 6.45) is 1.01. The predicted molar refractivity (Wildman–Crippen MR) is 140 cm³/mol. The number of nitrogens with zero attached hydrogens (tertiary/aromatic N) is 1. The number of halogens is 1. The number of benzene rings is 3. The fraction of sp³-hybridized carbons (Fsp3) is 0.208. The lowest BCUT2D eigenvalue weighted by atomic mass is 10.1. The second-order valence-corrected chi connectivity index (χ2v) is 12.1. The van der Waals surface area contributed by atoms with E-state index < -0.39 is 32.0 Å². The van der Waals surface area contributed by atoms with E-state index in [1.54, 1.807) is 13.0 Å². The molecule has 0 aliphatic heterocycles. The van der Waals surface area contributed by atoms with Gasteiger partial charge in [-0.3, -0.25) is 13.8 Å². The van der Waals surface area contributed by atoms with Crippen molar-refractivity contribution < 1.29 is 21.6 Å². The van der Waals surface area contributed by atoms with Crippen LogP contribution in [0.1, 0.15) is 18.1 Å². The number of hydrogen-bond donors (Lipinski definition) is 2. The molecular weight excluding hydrogens is 510 g/mol. The summed E-state index contributed by atoms with van der Waals surface area (Å²) in [4.78, 5) is 12.9. The molecule has 8 nitrogen and oxygen atoms in total. The van der Waals surface area contributed by atoms with Crippen molar-refractivity contribution in [1.29, 1.82) is 0 Å². The zero-order valence-electron chi connectivity index (χ0n) is 19.6. The molecule has 3 aromatic carbocycles. The Morgan fingerprint density at radius 2 is 1.51 bits per heavy atom. The summed E-state index contributed by atoms with van der Waals surface area (Å²) in [5.74, 6) is -0.588. The van der Waals surface area contributed by atoms with Gasteiger partial charge in [-0.25, -0.2) is 16.8 Å². The molecule has 11 heteroatoms. The van der Waals surface area contributed by atoms with E-state index in [0.717, 1.165) is 21.7 Å². The van der Waals surface area contributed by atoms with Crippen LogP contribution in [0, 0.1) is 13.8 Å². The summed E-state index contributed by atoms with van der Waals surface area (Å²) < 4.78 is 54.0. The highest BCUT2D eigenvalue weighted by Gasteiger charge is 2.29. The first-order valence-corrected chi connectivity index (χ1v) is 14.2. The van der Waals surface area contributed by atoms with Crippen molar-refractivity contribution in [2.75, 3.05) is 20.6 Å². The second-order valence-electron chi connectivity index (χ2n) is 8.15. The Morgan fingerprint density at radius 3 is 2.09 bits per heavy atom. The topological polar surface area (TPSA) is 113 Å². The van der Waals surface area contributed by atoms with Gasteiger partial charge in [-0.2, -0.15) is 0 Å². The minimum atomic E-state index is -3.85. The zero-order valence-corrected chi connectivity index (χ0v) is 22.0. The highest BCUT2D eigenvalue weighted by atomic mass is 35.5. The van der Waals surface area contributed by atoms with Gasteiger partial charge in [0, 0.05) is 10.7 Å². The van der Waals surface area contributed by atoms with Gasteiger partial charge in [-0.1, -0.05) is 23.7 Å². The van der Waals surface area contributed by atoms with Gasteiger partial charge < -0.3 is 5.32 Å². The van der Waals surface area contributed by atoms with Crippen molar-refractivity contribution in [3.05, 3.63) is 82.9 Å². The SMILES string of the molecule is Cc1ccc(C)c(NS(=O)(=O)c2ccc(NC(=O)[C@H](C)N(c3ccc(Cl)cc3)S(C)(=O)=O)cc2)c1. The lowest BCUT2D eigenvalue weighted by Crippen LogP contribution is -2.45. The molecule has 0 saturated heterocycles. The van der Waals surface area contributed by atoms with Crippen molar-refractivity contribution in [1.82, 2.24) is 0 Å². The molecule has 0 aliphatic rings. The van der Waals surface area contributed by atoms with Gasteiger partial charge >= 0.3 is 0 Å². The van der Waals surface area contributed by atoms with Crippen LogP contribution in [-0.2, 0) is 24.8 Å². The van der Waals surface area contributed by atoms with Crippen molar-refractivity contribution in [3.63, 3.8) is 0 Å². The Morgan fingerprint density at radius 1 is 0.914 bits per heavy atom. The maximum Gasteiger partial charge on any atom is 0.261 e. The van der Waals surface area contributed by atoms with Crippen LogP contribution in [-0.4, -0.2) is 35.0 Å². The lowest BCUT2D eigenvalue weighted by molar-refractivity contribution is -0.116. The van der Waals surface area contributed by atoms with E-state index in [4.69, 9.17) is 11.6 Å². The Bertz CT molecular complexity index is 1440. The normalized spacial score (nSPS) is 12.6. The van der Waals surface area contributed by atoms with Crippen LogP contribution in [0.2, 0.25) is 5.02 Å². The summed E-state index contributed by atoms with van der Waals surface area (Å²) in [6, 6.07) is 16.1. The molecule has 0 spiro atoms. The van der Waals surface area contributed by atoms with E-state index in [1.807, 2.05) is 19.1 Å². The number of sulfonamides is 2. The molecule has 186 valence electrons. The molecule has 0 radical (unpaired) electrons. The Kier molecular flexibility index (Phi) is 7.78. The lowest BCUT2D eigenvalue weighted by Gasteiger charge is -2.28. The molecule has 0 aliphatic carbocycles. The third-order valence-electron chi connectivity index (χ3n) is 5.24. The van der Waals surface area contributed by atoms with E-state index in [2.05, 4.69) is 10.0 Å². The zero-order chi connectivity index (χ0) is 26.0. The summed E-state index contributed by atoms with van der Waals surface area (Å²) in [6.45, 7) is 5.13. The number of aryl methyl sites for hydroxylation is 2. The minimum Gasteiger partial charge on any atom is -0.324 e. The Hall–Kier alpha value is -3.08. The third kappa shape index (κ3) is 6.53. The monoisotopic (exact) mass is 535 g/mol. The fourth-order valence-electron chi connectivity index (χ4n) is 3.41. The molecule has 0 heterocycles. The van der Waals surface area contributed by atoms with Crippen LogP contribution in [0.4, 0.5) is 17.1 Å². The molecule has 0 fully saturated rings. The average molecular weight is 536 g/mol. The Balaban J connectivity index is 1.77. The quantitative estimate of drug-likeness (QED) is 0.439. The molecule has 3 rings (SSSR count). The standard InChI is InChI=1S/C24H26ClN3O5S2/c1-16-5-6-17(2)23(15-16)27-35(32,33)22-13-9-20(10-14-22)26-24(29)18(3)28(34(4,30)31)21-11-7-19(25)8-12-21/h5-15,18,27H,1-4H3,(H,26,29)/t18-/m0/s1. The third-order valence-corrected chi connectivity index (χ3v) is 8.11. The molecule has 2 N–H and O–H groups in total.